The molecule has 58 heavy (non-hydrogen) atoms. The Labute approximate surface area is 337 Å². The van der Waals surface area contributed by atoms with Crippen LogP contribution in [0.4, 0.5) is 0 Å². The lowest BCUT2D eigenvalue weighted by Gasteiger charge is -2.67. The quantitative estimate of drug-likeness (QED) is 0.140. The van der Waals surface area contributed by atoms with Gasteiger partial charge in [-0.1, -0.05) is 83.1 Å². The number of benzene rings is 2. The second-order valence-electron chi connectivity index (χ2n) is 18.2. The number of nitrogens with one attached hydrogen (secondary N) is 1. The molecule has 2 aromatic carbocycles. The van der Waals surface area contributed by atoms with Crippen LogP contribution in [-0.2, 0) is 38.1 Å². The van der Waals surface area contributed by atoms with Gasteiger partial charge in [0.1, 0.15) is 30.0 Å². The van der Waals surface area contributed by atoms with Crippen LogP contribution in [-0.4, -0.2) is 104 Å². The number of aliphatic hydroxyl groups is 4. The lowest BCUT2D eigenvalue weighted by atomic mass is 9.44. The van der Waals surface area contributed by atoms with Crippen molar-refractivity contribution in [3.63, 3.8) is 0 Å². The molecule has 6 rings (SSSR count). The van der Waals surface area contributed by atoms with Gasteiger partial charge in [0.15, 0.2) is 17.5 Å². The number of carbonyl (C=O) groups is 5. The van der Waals surface area contributed by atoms with Crippen LogP contribution in [0.2, 0.25) is 0 Å². The van der Waals surface area contributed by atoms with Crippen molar-refractivity contribution < 1.29 is 63.3 Å². The van der Waals surface area contributed by atoms with Crippen molar-refractivity contribution in [1.29, 1.82) is 0 Å². The summed E-state index contributed by atoms with van der Waals surface area (Å²) < 4.78 is 24.2. The van der Waals surface area contributed by atoms with E-state index < -0.39 is 112 Å². The van der Waals surface area contributed by atoms with Gasteiger partial charge in [-0.2, -0.15) is 0 Å². The van der Waals surface area contributed by atoms with Crippen molar-refractivity contribution in [1.82, 2.24) is 5.32 Å². The Bertz CT molecular complexity index is 1970. The first-order chi connectivity index (χ1) is 27.0. The molecule has 0 aromatic heterocycles. The van der Waals surface area contributed by atoms with Crippen LogP contribution in [0.1, 0.15) is 96.6 Å². The Morgan fingerprint density at radius 1 is 0.966 bits per heavy atom. The average molecular weight is 806 g/mol. The summed E-state index contributed by atoms with van der Waals surface area (Å²) in [6.07, 6.45) is -10.3. The number of amides is 1. The first-order valence-corrected chi connectivity index (χ1v) is 19.6. The molecule has 1 aliphatic heterocycles. The Hall–Kier alpha value is -4.47. The zero-order valence-corrected chi connectivity index (χ0v) is 34.2. The van der Waals surface area contributed by atoms with Crippen molar-refractivity contribution in [3.05, 3.63) is 82.9 Å². The van der Waals surface area contributed by atoms with Crippen LogP contribution >= 0.6 is 0 Å². The molecule has 2 aromatic rings. The molecule has 1 amide bonds. The van der Waals surface area contributed by atoms with E-state index in [-0.39, 0.29) is 36.2 Å². The first-order valence-electron chi connectivity index (χ1n) is 19.6. The molecule has 1 saturated heterocycles. The number of ether oxygens (including phenoxy) is 4. The number of hydrogen-bond donors (Lipinski definition) is 5. The Balaban J connectivity index is 1.49. The van der Waals surface area contributed by atoms with Gasteiger partial charge >= 0.3 is 17.9 Å². The van der Waals surface area contributed by atoms with Crippen LogP contribution in [0.5, 0.6) is 0 Å². The minimum absolute atomic E-state index is 0.0437. The zero-order valence-electron chi connectivity index (χ0n) is 34.2. The topological polar surface area (TPSA) is 215 Å². The molecule has 2 bridgehead atoms. The number of Topliss-reactive ketones (excluding diaryl/α,β-unsaturated/α-hetero) is 1. The number of fused-ring (bicyclic) bond motifs is 5. The molecule has 314 valence electrons. The smallest absolute Gasteiger partial charge is 0.338 e. The van der Waals surface area contributed by atoms with Crippen molar-refractivity contribution in [2.24, 2.45) is 22.2 Å². The van der Waals surface area contributed by atoms with E-state index in [0.717, 1.165) is 6.92 Å². The Morgan fingerprint density at radius 2 is 1.57 bits per heavy atom. The number of hydrogen-bond acceptors (Lipinski definition) is 13. The van der Waals surface area contributed by atoms with Crippen LogP contribution in [0.25, 0.3) is 0 Å². The summed E-state index contributed by atoms with van der Waals surface area (Å²) in [4.78, 5) is 69.2. The standard InChI is InChI=1S/C44H55NO13/c1-23-27(56-39(53)34(50)32(25-15-11-9-12-16-25)45-30(48)21-40(3,4)5)20-44(54)37(57-38(52)26-17-13-10-14-18-26)35-42(8,36(51)33(49)31(23)41(44,6)7)28(47)19-29-43(35,22-55-29)58-24(2)46/h9-18,27-29,32-35,37,47,49-50,54H,19-22H2,1-8H3,(H,45,48)/t27?,28-,29?,32-,33+,34+,35-,37-,42+,43-,44+/m0/s1. The third kappa shape index (κ3) is 7.16. The van der Waals surface area contributed by atoms with Gasteiger partial charge in [0, 0.05) is 31.6 Å². The number of esters is 3. The van der Waals surface area contributed by atoms with Gasteiger partial charge in [-0.3, -0.25) is 14.4 Å². The third-order valence-corrected chi connectivity index (χ3v) is 12.9. The van der Waals surface area contributed by atoms with Gasteiger partial charge in [0.05, 0.1) is 35.6 Å². The van der Waals surface area contributed by atoms with E-state index in [1.165, 1.54) is 26.0 Å². The van der Waals surface area contributed by atoms with Crippen LogP contribution in [0, 0.1) is 22.2 Å². The highest BCUT2D eigenvalue weighted by molar-refractivity contribution is 5.94. The minimum atomic E-state index is -2.33. The maximum Gasteiger partial charge on any atom is 0.338 e. The summed E-state index contributed by atoms with van der Waals surface area (Å²) in [5.41, 5.74) is -7.44. The van der Waals surface area contributed by atoms with Crippen molar-refractivity contribution >= 4 is 29.6 Å². The van der Waals surface area contributed by atoms with Gasteiger partial charge in [0.25, 0.3) is 0 Å². The van der Waals surface area contributed by atoms with Crippen LogP contribution < -0.4 is 5.32 Å². The van der Waals surface area contributed by atoms with E-state index in [2.05, 4.69) is 5.32 Å². The normalized spacial score (nSPS) is 33.8. The minimum Gasteiger partial charge on any atom is -0.456 e. The van der Waals surface area contributed by atoms with Crippen molar-refractivity contribution in [2.75, 3.05) is 6.61 Å². The Kier molecular flexibility index (Phi) is 11.4. The first kappa shape index (κ1) is 43.1. The van der Waals surface area contributed by atoms with Crippen LogP contribution in [0.15, 0.2) is 71.8 Å². The van der Waals surface area contributed by atoms with E-state index >= 15 is 0 Å². The molecule has 11 atom stereocenters. The fraction of sp³-hybridized carbons (Fsp3) is 0.568. The van der Waals surface area contributed by atoms with E-state index in [4.69, 9.17) is 18.9 Å². The maximum atomic E-state index is 15.0. The van der Waals surface area contributed by atoms with E-state index in [1.807, 2.05) is 20.8 Å². The monoisotopic (exact) mass is 805 g/mol. The van der Waals surface area contributed by atoms with Crippen LogP contribution in [0.3, 0.4) is 0 Å². The molecule has 14 nitrogen and oxygen atoms in total. The van der Waals surface area contributed by atoms with E-state index in [1.54, 1.807) is 62.4 Å². The number of ketones is 1. The fourth-order valence-corrected chi connectivity index (χ4v) is 9.83. The third-order valence-electron chi connectivity index (χ3n) is 12.9. The molecule has 3 aliphatic carbocycles. The van der Waals surface area contributed by atoms with Gasteiger partial charge in [-0.05, 0) is 48.1 Å². The summed E-state index contributed by atoms with van der Waals surface area (Å²) in [5.74, 6) is -5.69. The molecule has 2 saturated carbocycles. The van der Waals surface area contributed by atoms with Gasteiger partial charge in [0.2, 0.25) is 5.91 Å². The van der Waals surface area contributed by atoms with Gasteiger partial charge in [-0.25, -0.2) is 9.59 Å². The molecular formula is C44H55NO13. The number of carbonyl (C=O) groups excluding carboxylic acids is 5. The summed E-state index contributed by atoms with van der Waals surface area (Å²) in [5, 5.41) is 51.9. The highest BCUT2D eigenvalue weighted by atomic mass is 16.6. The van der Waals surface area contributed by atoms with E-state index in [9.17, 15) is 44.4 Å². The fourth-order valence-electron chi connectivity index (χ4n) is 9.83. The zero-order chi connectivity index (χ0) is 42.7. The molecule has 0 radical (unpaired) electrons. The number of rotatable bonds is 9. The van der Waals surface area contributed by atoms with Crippen molar-refractivity contribution in [2.45, 2.75) is 129 Å². The van der Waals surface area contributed by atoms with Crippen molar-refractivity contribution in [3.8, 4) is 0 Å². The lowest BCUT2D eigenvalue weighted by molar-refractivity contribution is -0.346. The van der Waals surface area contributed by atoms with Gasteiger partial charge in [-0.15, -0.1) is 0 Å². The average Bonchev–Trinajstić information content (AvgIpc) is 3.14. The molecule has 14 heteroatoms. The molecule has 4 aliphatic rings. The summed E-state index contributed by atoms with van der Waals surface area (Å²) >= 11 is 0. The highest BCUT2D eigenvalue weighted by Gasteiger charge is 2.78. The molecule has 0 spiro atoms. The molecule has 5 N–H and O–H groups in total. The molecule has 1 heterocycles. The molecule has 2 unspecified atom stereocenters. The molecule has 3 fully saturated rings. The van der Waals surface area contributed by atoms with E-state index in [0.29, 0.717) is 5.56 Å². The SMILES string of the molecule is CC(=O)O[C@@]12COC1C[C@H](O)[C@@]1(C)C(=O)[C@H](O)C3=C(C)C(OC(=O)[C@H](O)[C@@H](NC(=O)CC(C)(C)C)c4ccccc4)C[C@@](O)([C@@H](OC(=O)c4ccccc4)[C@@H]12)C3(C)C. The predicted molar refractivity (Wildman–Crippen MR) is 206 cm³/mol. The maximum absolute atomic E-state index is 15.0. The number of aliphatic hydroxyl groups excluding tert-OH is 3. The lowest BCUT2D eigenvalue weighted by Crippen LogP contribution is -2.81. The second kappa shape index (κ2) is 15.3. The largest absolute Gasteiger partial charge is 0.456 e. The molecular weight excluding hydrogens is 750 g/mol. The summed E-state index contributed by atoms with van der Waals surface area (Å²) in [6.45, 7) is 12.5. The highest BCUT2D eigenvalue weighted by Crippen LogP contribution is 2.64. The van der Waals surface area contributed by atoms with Gasteiger partial charge < -0.3 is 44.7 Å². The second-order valence-corrected chi connectivity index (χ2v) is 18.2. The summed E-state index contributed by atoms with van der Waals surface area (Å²) in [6, 6.07) is 15.0. The Morgan fingerprint density at radius 3 is 2.12 bits per heavy atom. The predicted octanol–water partition coefficient (Wildman–Crippen LogP) is 3.29. The summed E-state index contributed by atoms with van der Waals surface area (Å²) in [7, 11) is 0.